The second-order valence-corrected chi connectivity index (χ2v) is 8.62. The molecule has 2 nitrogen and oxygen atoms in total. The summed E-state index contributed by atoms with van der Waals surface area (Å²) in [4.78, 5) is 11.5. The maximum Gasteiger partial charge on any atom is 0.307 e. The zero-order chi connectivity index (χ0) is 21.8. The van der Waals surface area contributed by atoms with Crippen molar-refractivity contribution >= 4 is 16.7 Å². The van der Waals surface area contributed by atoms with Crippen LogP contribution in [-0.4, -0.2) is 11.1 Å². The highest BCUT2D eigenvalue weighted by atomic mass is 16.4. The predicted octanol–water partition coefficient (Wildman–Crippen LogP) is 6.92. The fourth-order valence-electron chi connectivity index (χ4n) is 4.36. The monoisotopic (exact) mass is 408 g/mol. The number of carboxylic acids is 1. The summed E-state index contributed by atoms with van der Waals surface area (Å²) in [5.74, 6) is -0.227. The molecule has 0 radical (unpaired) electrons. The second-order valence-electron chi connectivity index (χ2n) is 8.62. The van der Waals surface area contributed by atoms with E-state index in [2.05, 4.69) is 86.6 Å². The standard InChI is InChI=1S/C29H28O2/c1-20(2)16-23-9-4-6-13-28(23)25-15-14-22(19-29(30)31)26(18-25)17-24-11-7-10-21-8-3-5-12-27(21)24/h3-15,18,20H,16-17,19H2,1-2H3,(H,30,31). The summed E-state index contributed by atoms with van der Waals surface area (Å²) in [5.41, 5.74) is 6.90. The number of carboxylic acid groups (broad SMARTS) is 1. The van der Waals surface area contributed by atoms with E-state index in [0.717, 1.165) is 23.1 Å². The minimum atomic E-state index is -0.799. The Hall–Kier alpha value is -3.39. The molecule has 156 valence electrons. The van der Waals surface area contributed by atoms with Crippen LogP contribution in [0.1, 0.15) is 36.1 Å². The van der Waals surface area contributed by atoms with Gasteiger partial charge in [0.25, 0.3) is 0 Å². The van der Waals surface area contributed by atoms with E-state index in [1.807, 2.05) is 12.1 Å². The van der Waals surface area contributed by atoms with Crippen molar-refractivity contribution in [3.05, 3.63) is 107 Å². The van der Waals surface area contributed by atoms with E-state index < -0.39 is 5.97 Å². The van der Waals surface area contributed by atoms with Gasteiger partial charge in [0.15, 0.2) is 0 Å². The molecule has 0 amide bonds. The summed E-state index contributed by atoms with van der Waals surface area (Å²) < 4.78 is 0. The van der Waals surface area contributed by atoms with Crippen LogP contribution >= 0.6 is 0 Å². The van der Waals surface area contributed by atoms with Gasteiger partial charge in [-0.2, -0.15) is 0 Å². The van der Waals surface area contributed by atoms with E-state index in [4.69, 9.17) is 0 Å². The maximum absolute atomic E-state index is 11.5. The molecule has 0 aliphatic carbocycles. The van der Waals surface area contributed by atoms with Gasteiger partial charge in [0.2, 0.25) is 0 Å². The third kappa shape index (κ3) is 4.86. The molecule has 0 unspecified atom stereocenters. The van der Waals surface area contributed by atoms with Gasteiger partial charge in [0.05, 0.1) is 6.42 Å². The lowest BCUT2D eigenvalue weighted by molar-refractivity contribution is -0.136. The summed E-state index contributed by atoms with van der Waals surface area (Å²) in [5, 5.41) is 11.9. The Bertz CT molecular complexity index is 1220. The number of aliphatic carboxylic acids is 1. The summed E-state index contributed by atoms with van der Waals surface area (Å²) >= 11 is 0. The lowest BCUT2D eigenvalue weighted by Crippen LogP contribution is -2.05. The highest BCUT2D eigenvalue weighted by molar-refractivity contribution is 5.86. The molecule has 0 saturated carbocycles. The third-order valence-corrected chi connectivity index (χ3v) is 5.77. The van der Waals surface area contributed by atoms with Crippen molar-refractivity contribution in [3.8, 4) is 11.1 Å². The maximum atomic E-state index is 11.5. The number of rotatable bonds is 7. The number of carbonyl (C=O) groups is 1. The number of fused-ring (bicyclic) bond motifs is 1. The van der Waals surface area contributed by atoms with Crippen LogP contribution in [0.15, 0.2) is 84.9 Å². The molecule has 0 bridgehead atoms. The van der Waals surface area contributed by atoms with Crippen molar-refractivity contribution in [2.24, 2.45) is 5.92 Å². The molecule has 0 fully saturated rings. The Kier molecular flexibility index (Phi) is 6.18. The molecule has 31 heavy (non-hydrogen) atoms. The molecule has 0 spiro atoms. The molecule has 0 aliphatic heterocycles. The normalized spacial score (nSPS) is 11.2. The van der Waals surface area contributed by atoms with Gasteiger partial charge in [0.1, 0.15) is 0 Å². The topological polar surface area (TPSA) is 37.3 Å². The summed E-state index contributed by atoms with van der Waals surface area (Å²) in [6.45, 7) is 4.47. The number of hydrogen-bond acceptors (Lipinski definition) is 1. The van der Waals surface area contributed by atoms with Crippen LogP contribution in [0, 0.1) is 5.92 Å². The molecule has 0 heterocycles. The molecular weight excluding hydrogens is 380 g/mol. The highest BCUT2D eigenvalue weighted by Gasteiger charge is 2.13. The van der Waals surface area contributed by atoms with E-state index in [9.17, 15) is 9.90 Å². The second kappa shape index (κ2) is 9.18. The summed E-state index contributed by atoms with van der Waals surface area (Å²) in [6, 6.07) is 29.5. The van der Waals surface area contributed by atoms with Crippen molar-refractivity contribution in [2.75, 3.05) is 0 Å². The molecular formula is C29H28O2. The van der Waals surface area contributed by atoms with E-state index in [1.54, 1.807) is 0 Å². The molecule has 0 aliphatic rings. The van der Waals surface area contributed by atoms with Crippen LogP contribution < -0.4 is 0 Å². The van der Waals surface area contributed by atoms with Gasteiger partial charge < -0.3 is 5.11 Å². The lowest BCUT2D eigenvalue weighted by atomic mass is 9.89. The van der Waals surface area contributed by atoms with Crippen molar-refractivity contribution in [1.29, 1.82) is 0 Å². The van der Waals surface area contributed by atoms with Crippen LogP contribution in [0.4, 0.5) is 0 Å². The van der Waals surface area contributed by atoms with E-state index >= 15 is 0 Å². The Balaban J connectivity index is 1.80. The van der Waals surface area contributed by atoms with E-state index in [0.29, 0.717) is 12.3 Å². The van der Waals surface area contributed by atoms with Crippen LogP contribution in [-0.2, 0) is 24.1 Å². The first kappa shape index (κ1) is 20.9. The number of benzene rings is 4. The van der Waals surface area contributed by atoms with Gasteiger partial charge in [-0.1, -0.05) is 98.8 Å². The zero-order valence-corrected chi connectivity index (χ0v) is 18.1. The molecule has 0 atom stereocenters. The van der Waals surface area contributed by atoms with Gasteiger partial charge in [-0.15, -0.1) is 0 Å². The van der Waals surface area contributed by atoms with Crippen molar-refractivity contribution in [2.45, 2.75) is 33.1 Å². The van der Waals surface area contributed by atoms with Gasteiger partial charge in [-0.05, 0) is 62.9 Å². The van der Waals surface area contributed by atoms with E-state index in [-0.39, 0.29) is 6.42 Å². The Morgan fingerprint density at radius 3 is 2.29 bits per heavy atom. The van der Waals surface area contributed by atoms with Crippen LogP contribution in [0.5, 0.6) is 0 Å². The first-order valence-electron chi connectivity index (χ1n) is 10.9. The minimum Gasteiger partial charge on any atom is -0.481 e. The van der Waals surface area contributed by atoms with Gasteiger partial charge in [-0.25, -0.2) is 0 Å². The lowest BCUT2D eigenvalue weighted by Gasteiger charge is -2.16. The molecule has 4 aromatic rings. The summed E-state index contributed by atoms with van der Waals surface area (Å²) in [6.07, 6.45) is 1.77. The average molecular weight is 409 g/mol. The molecule has 4 aromatic carbocycles. The Morgan fingerprint density at radius 2 is 1.48 bits per heavy atom. The third-order valence-electron chi connectivity index (χ3n) is 5.77. The van der Waals surface area contributed by atoms with Crippen LogP contribution in [0.25, 0.3) is 21.9 Å². The summed E-state index contributed by atoms with van der Waals surface area (Å²) in [7, 11) is 0. The van der Waals surface area contributed by atoms with Crippen molar-refractivity contribution in [3.63, 3.8) is 0 Å². The fourth-order valence-corrected chi connectivity index (χ4v) is 4.36. The number of hydrogen-bond donors (Lipinski definition) is 1. The first-order valence-corrected chi connectivity index (χ1v) is 10.9. The molecule has 0 aromatic heterocycles. The minimum absolute atomic E-state index is 0.0357. The molecule has 1 N–H and O–H groups in total. The van der Waals surface area contributed by atoms with Gasteiger partial charge in [0, 0.05) is 0 Å². The van der Waals surface area contributed by atoms with Crippen LogP contribution in [0.2, 0.25) is 0 Å². The predicted molar refractivity (Wildman–Crippen MR) is 129 cm³/mol. The Labute approximate surface area is 184 Å². The first-order chi connectivity index (χ1) is 15.0. The smallest absolute Gasteiger partial charge is 0.307 e. The zero-order valence-electron chi connectivity index (χ0n) is 18.1. The van der Waals surface area contributed by atoms with Gasteiger partial charge in [-0.3, -0.25) is 4.79 Å². The Morgan fingerprint density at radius 1 is 0.774 bits per heavy atom. The average Bonchev–Trinajstić information content (AvgIpc) is 2.75. The largest absolute Gasteiger partial charge is 0.481 e. The van der Waals surface area contributed by atoms with Crippen molar-refractivity contribution in [1.82, 2.24) is 0 Å². The molecule has 2 heteroatoms. The highest BCUT2D eigenvalue weighted by Crippen LogP contribution is 2.30. The molecule has 0 saturated heterocycles. The van der Waals surface area contributed by atoms with Gasteiger partial charge >= 0.3 is 5.97 Å². The molecule has 4 rings (SSSR count). The van der Waals surface area contributed by atoms with Crippen molar-refractivity contribution < 1.29 is 9.90 Å². The quantitative estimate of drug-likeness (QED) is 0.360. The van der Waals surface area contributed by atoms with Crippen LogP contribution in [0.3, 0.4) is 0 Å². The van der Waals surface area contributed by atoms with E-state index in [1.165, 1.54) is 27.5 Å². The fraction of sp³-hybridized carbons (Fsp3) is 0.207. The SMILES string of the molecule is CC(C)Cc1ccccc1-c1ccc(CC(=O)O)c(Cc2cccc3ccccc23)c1.